The van der Waals surface area contributed by atoms with E-state index in [1.807, 2.05) is 11.7 Å². The van der Waals surface area contributed by atoms with Crippen LogP contribution < -0.4 is 17.2 Å². The summed E-state index contributed by atoms with van der Waals surface area (Å²) in [6.07, 6.45) is 0.261. The quantitative estimate of drug-likeness (QED) is 0.321. The summed E-state index contributed by atoms with van der Waals surface area (Å²) in [7, 11) is 0. The van der Waals surface area contributed by atoms with Gasteiger partial charge in [-0.15, -0.1) is 11.8 Å². The molecule has 0 fully saturated rings. The van der Waals surface area contributed by atoms with Crippen molar-refractivity contribution in [1.29, 1.82) is 0 Å². The summed E-state index contributed by atoms with van der Waals surface area (Å²) in [4.78, 5) is 16.2. The molecule has 5 nitrogen and oxygen atoms in total. The minimum Gasteiger partial charge on any atom is -0.398 e. The number of carbonyl (C=O) groups excluding carboxylic acids is 1. The molecule has 0 saturated heterocycles. The SMILES string of the molecule is NNOC(=O)CCSc1ccc(N)c(Cl)c1. The second-order valence-electron chi connectivity index (χ2n) is 2.87. The van der Waals surface area contributed by atoms with Crippen molar-refractivity contribution in [2.24, 2.45) is 5.84 Å². The fraction of sp³-hybridized carbons (Fsp3) is 0.222. The molecule has 5 N–H and O–H groups in total. The van der Waals surface area contributed by atoms with Crippen molar-refractivity contribution >= 4 is 35.0 Å². The Morgan fingerprint density at radius 3 is 2.94 bits per heavy atom. The molecule has 0 saturated carbocycles. The first kappa shape index (κ1) is 13.1. The average Bonchev–Trinajstić information content (AvgIpc) is 2.24. The molecule has 0 aliphatic carbocycles. The van der Waals surface area contributed by atoms with Crippen LogP contribution in [0.2, 0.25) is 5.02 Å². The van der Waals surface area contributed by atoms with Gasteiger partial charge in [0.25, 0.3) is 0 Å². The average molecular weight is 262 g/mol. The van der Waals surface area contributed by atoms with Crippen LogP contribution in [0.25, 0.3) is 0 Å². The number of hydrogen-bond donors (Lipinski definition) is 3. The summed E-state index contributed by atoms with van der Waals surface area (Å²) in [5, 5.41) is 0.510. The zero-order valence-electron chi connectivity index (χ0n) is 8.40. The van der Waals surface area contributed by atoms with E-state index in [1.165, 1.54) is 11.8 Å². The highest BCUT2D eigenvalue weighted by Crippen LogP contribution is 2.26. The number of hydrogen-bond acceptors (Lipinski definition) is 6. The van der Waals surface area contributed by atoms with Gasteiger partial charge in [-0.1, -0.05) is 17.2 Å². The van der Waals surface area contributed by atoms with Gasteiger partial charge in [0.2, 0.25) is 0 Å². The molecule has 88 valence electrons. The summed E-state index contributed by atoms with van der Waals surface area (Å²) in [5.41, 5.74) is 7.94. The van der Waals surface area contributed by atoms with Crippen molar-refractivity contribution in [3.8, 4) is 0 Å². The fourth-order valence-electron chi connectivity index (χ4n) is 0.967. The van der Waals surface area contributed by atoms with Gasteiger partial charge in [-0.25, -0.2) is 5.84 Å². The van der Waals surface area contributed by atoms with Crippen molar-refractivity contribution in [2.75, 3.05) is 11.5 Å². The van der Waals surface area contributed by atoms with E-state index in [2.05, 4.69) is 4.84 Å². The molecular weight excluding hydrogens is 250 g/mol. The first-order valence-electron chi connectivity index (χ1n) is 4.46. The Labute approximate surface area is 102 Å². The Balaban J connectivity index is 2.37. The lowest BCUT2D eigenvalue weighted by Crippen LogP contribution is -2.26. The Morgan fingerprint density at radius 1 is 1.56 bits per heavy atom. The van der Waals surface area contributed by atoms with Crippen LogP contribution in [0.15, 0.2) is 23.1 Å². The van der Waals surface area contributed by atoms with Crippen LogP contribution in [-0.2, 0) is 9.63 Å². The lowest BCUT2D eigenvalue weighted by Gasteiger charge is -2.03. The summed E-state index contributed by atoms with van der Waals surface area (Å²) < 4.78 is 0. The van der Waals surface area contributed by atoms with Crippen LogP contribution in [0.1, 0.15) is 6.42 Å². The predicted octanol–water partition coefficient (Wildman–Crippen LogP) is 1.33. The Kier molecular flexibility index (Phi) is 5.41. The molecule has 0 unspecified atom stereocenters. The van der Waals surface area contributed by atoms with Crippen LogP contribution in [0.5, 0.6) is 0 Å². The first-order chi connectivity index (χ1) is 7.63. The number of hydrazine groups is 1. The maximum Gasteiger partial charge on any atom is 0.327 e. The third kappa shape index (κ3) is 4.28. The zero-order valence-corrected chi connectivity index (χ0v) is 9.98. The largest absolute Gasteiger partial charge is 0.398 e. The van der Waals surface area contributed by atoms with Crippen LogP contribution in [-0.4, -0.2) is 11.7 Å². The number of anilines is 1. The molecule has 0 aliphatic rings. The number of halogens is 1. The number of carbonyl (C=O) groups is 1. The van der Waals surface area contributed by atoms with Crippen molar-refractivity contribution in [2.45, 2.75) is 11.3 Å². The van der Waals surface area contributed by atoms with E-state index in [9.17, 15) is 4.79 Å². The fourth-order valence-corrected chi connectivity index (χ4v) is 2.08. The summed E-state index contributed by atoms with van der Waals surface area (Å²) in [6, 6.07) is 5.33. The molecule has 1 rings (SSSR count). The van der Waals surface area contributed by atoms with Gasteiger partial charge < -0.3 is 10.6 Å². The summed E-state index contributed by atoms with van der Waals surface area (Å²) >= 11 is 7.34. The van der Waals surface area contributed by atoms with E-state index in [1.54, 1.807) is 12.1 Å². The third-order valence-electron chi connectivity index (χ3n) is 1.72. The smallest absolute Gasteiger partial charge is 0.327 e. The van der Waals surface area contributed by atoms with Crippen molar-refractivity contribution < 1.29 is 9.63 Å². The Bertz CT molecular complexity index is 376. The highest BCUT2D eigenvalue weighted by atomic mass is 35.5. The number of nitrogens with one attached hydrogen (secondary N) is 1. The minimum absolute atomic E-state index is 0.261. The highest BCUT2D eigenvalue weighted by Gasteiger charge is 2.04. The highest BCUT2D eigenvalue weighted by molar-refractivity contribution is 7.99. The van der Waals surface area contributed by atoms with E-state index < -0.39 is 5.97 Å². The molecule has 0 aliphatic heterocycles. The van der Waals surface area contributed by atoms with Gasteiger partial charge in [0.1, 0.15) is 0 Å². The van der Waals surface area contributed by atoms with E-state index in [0.29, 0.717) is 16.5 Å². The van der Waals surface area contributed by atoms with E-state index in [0.717, 1.165) is 4.90 Å². The standard InChI is InChI=1S/C9H12ClN3O2S/c10-7-5-6(1-2-8(7)11)16-4-3-9(14)15-13-12/h1-2,5,13H,3-4,11-12H2. The molecule has 0 aromatic heterocycles. The molecule has 0 amide bonds. The van der Waals surface area contributed by atoms with Crippen molar-refractivity contribution in [3.63, 3.8) is 0 Å². The molecule has 0 heterocycles. The summed E-state index contributed by atoms with van der Waals surface area (Å²) in [6.45, 7) is 0. The van der Waals surface area contributed by atoms with Gasteiger partial charge in [0.05, 0.1) is 17.1 Å². The normalized spacial score (nSPS) is 10.1. The van der Waals surface area contributed by atoms with Gasteiger partial charge in [0, 0.05) is 10.6 Å². The second-order valence-corrected chi connectivity index (χ2v) is 4.45. The minimum atomic E-state index is -0.406. The zero-order chi connectivity index (χ0) is 12.0. The maximum absolute atomic E-state index is 10.9. The third-order valence-corrected chi connectivity index (χ3v) is 3.04. The lowest BCUT2D eigenvalue weighted by atomic mass is 10.3. The van der Waals surface area contributed by atoms with Crippen molar-refractivity contribution in [3.05, 3.63) is 23.2 Å². The van der Waals surface area contributed by atoms with Crippen LogP contribution >= 0.6 is 23.4 Å². The number of benzene rings is 1. The van der Waals surface area contributed by atoms with Crippen molar-refractivity contribution in [1.82, 2.24) is 5.59 Å². The molecule has 0 bridgehead atoms. The first-order valence-corrected chi connectivity index (χ1v) is 5.83. The molecule has 7 heteroatoms. The Morgan fingerprint density at radius 2 is 2.31 bits per heavy atom. The molecule has 0 atom stereocenters. The van der Waals surface area contributed by atoms with E-state index in [-0.39, 0.29) is 6.42 Å². The number of nitrogen functional groups attached to an aromatic ring is 1. The monoisotopic (exact) mass is 261 g/mol. The van der Waals surface area contributed by atoms with Gasteiger partial charge in [-0.05, 0) is 18.2 Å². The molecule has 0 radical (unpaired) electrons. The number of rotatable bonds is 5. The molecule has 0 spiro atoms. The van der Waals surface area contributed by atoms with Crippen LogP contribution in [0.3, 0.4) is 0 Å². The molecule has 16 heavy (non-hydrogen) atoms. The van der Waals surface area contributed by atoms with Gasteiger partial charge in [-0.2, -0.15) is 0 Å². The maximum atomic E-state index is 10.9. The molecule has 1 aromatic carbocycles. The predicted molar refractivity (Wildman–Crippen MR) is 64.6 cm³/mol. The number of nitrogens with two attached hydrogens (primary N) is 2. The number of thioether (sulfide) groups is 1. The topological polar surface area (TPSA) is 90.4 Å². The molecule has 1 aromatic rings. The van der Waals surface area contributed by atoms with Gasteiger partial charge in [0.15, 0.2) is 0 Å². The van der Waals surface area contributed by atoms with E-state index >= 15 is 0 Å². The van der Waals surface area contributed by atoms with E-state index in [4.69, 9.17) is 23.2 Å². The van der Waals surface area contributed by atoms with Crippen LogP contribution in [0, 0.1) is 0 Å². The van der Waals surface area contributed by atoms with Crippen LogP contribution in [0.4, 0.5) is 5.69 Å². The second kappa shape index (κ2) is 6.59. The molecular formula is C9H12ClN3O2S. The lowest BCUT2D eigenvalue weighted by molar-refractivity contribution is -0.150. The Hall–Kier alpha value is -0.950. The van der Waals surface area contributed by atoms with Gasteiger partial charge in [-0.3, -0.25) is 4.79 Å². The summed E-state index contributed by atoms with van der Waals surface area (Å²) in [5.74, 6) is 5.00. The van der Waals surface area contributed by atoms with Gasteiger partial charge >= 0.3 is 5.97 Å².